The van der Waals surface area contributed by atoms with Crippen LogP contribution < -0.4 is 0 Å². The number of aromatic nitrogens is 2. The molecule has 0 saturated carbocycles. The van der Waals surface area contributed by atoms with Gasteiger partial charge in [0.1, 0.15) is 0 Å². The fourth-order valence-electron chi connectivity index (χ4n) is 3.75. The van der Waals surface area contributed by atoms with Crippen LogP contribution >= 0.6 is 0 Å². The van der Waals surface area contributed by atoms with Crippen molar-refractivity contribution in [2.75, 3.05) is 13.1 Å². The number of hydrogen-bond donors (Lipinski definition) is 0. The lowest BCUT2D eigenvalue weighted by molar-refractivity contribution is -0.130. The highest BCUT2D eigenvalue weighted by molar-refractivity contribution is 5.76. The van der Waals surface area contributed by atoms with Crippen molar-refractivity contribution in [3.63, 3.8) is 0 Å². The molecule has 2 heterocycles. The lowest BCUT2D eigenvalue weighted by atomic mass is 10.1. The molecule has 28 heavy (non-hydrogen) atoms. The van der Waals surface area contributed by atoms with Crippen LogP contribution in [0.5, 0.6) is 0 Å². The summed E-state index contributed by atoms with van der Waals surface area (Å²) in [5.41, 5.74) is 2.23. The van der Waals surface area contributed by atoms with Crippen LogP contribution in [0.1, 0.15) is 30.7 Å². The van der Waals surface area contributed by atoms with E-state index in [-0.39, 0.29) is 5.91 Å². The van der Waals surface area contributed by atoms with Crippen LogP contribution in [0.15, 0.2) is 65.1 Å². The van der Waals surface area contributed by atoms with Crippen LogP contribution in [0.3, 0.4) is 0 Å². The molecule has 144 valence electrons. The topological polar surface area (TPSA) is 59.2 Å². The maximum absolute atomic E-state index is 12.5. The molecule has 1 amide bonds. The quantitative estimate of drug-likeness (QED) is 0.622. The minimum absolute atomic E-state index is 0.258. The van der Waals surface area contributed by atoms with Crippen molar-refractivity contribution in [3.8, 4) is 11.5 Å². The third-order valence-electron chi connectivity index (χ3n) is 5.29. The molecular weight excluding hydrogens is 350 g/mol. The highest BCUT2D eigenvalue weighted by Gasteiger charge is 2.27. The first-order valence-electron chi connectivity index (χ1n) is 9.97. The van der Waals surface area contributed by atoms with Crippen molar-refractivity contribution in [1.82, 2.24) is 15.1 Å². The zero-order valence-electron chi connectivity index (χ0n) is 16.0. The summed E-state index contributed by atoms with van der Waals surface area (Å²) in [6, 6.07) is 20.1. The van der Waals surface area contributed by atoms with Gasteiger partial charge in [-0.25, -0.2) is 0 Å². The summed E-state index contributed by atoms with van der Waals surface area (Å²) >= 11 is 0. The molecule has 0 bridgehead atoms. The largest absolute Gasteiger partial charge is 0.421 e. The van der Waals surface area contributed by atoms with Gasteiger partial charge in [0.15, 0.2) is 0 Å². The van der Waals surface area contributed by atoms with Gasteiger partial charge < -0.3 is 9.32 Å². The van der Waals surface area contributed by atoms with Crippen LogP contribution in [0.25, 0.3) is 11.5 Å². The summed E-state index contributed by atoms with van der Waals surface area (Å²) in [7, 11) is 0. The number of benzene rings is 2. The molecule has 1 unspecified atom stereocenters. The number of nitrogens with zero attached hydrogens (tertiary/aromatic N) is 3. The molecule has 1 aliphatic rings. The molecule has 1 atom stereocenters. The monoisotopic (exact) mass is 375 g/mol. The van der Waals surface area contributed by atoms with Crippen LogP contribution in [-0.2, 0) is 17.6 Å². The van der Waals surface area contributed by atoms with Gasteiger partial charge in [-0.1, -0.05) is 48.5 Å². The van der Waals surface area contributed by atoms with Crippen LogP contribution in [0.4, 0.5) is 0 Å². The third kappa shape index (κ3) is 4.66. The Balaban J connectivity index is 1.24. The van der Waals surface area contributed by atoms with Gasteiger partial charge in [0.25, 0.3) is 0 Å². The maximum atomic E-state index is 12.5. The van der Waals surface area contributed by atoms with Crippen molar-refractivity contribution in [1.29, 1.82) is 0 Å². The van der Waals surface area contributed by atoms with E-state index in [0.29, 0.717) is 24.1 Å². The Morgan fingerprint density at radius 2 is 1.79 bits per heavy atom. The number of carbonyl (C=O) groups excluding carboxylic acids is 1. The van der Waals surface area contributed by atoms with Gasteiger partial charge in [-0.2, -0.15) is 0 Å². The van der Waals surface area contributed by atoms with Crippen LogP contribution in [0.2, 0.25) is 0 Å². The number of rotatable bonds is 7. The lowest BCUT2D eigenvalue weighted by Crippen LogP contribution is -2.28. The van der Waals surface area contributed by atoms with Gasteiger partial charge in [0, 0.05) is 31.5 Å². The van der Waals surface area contributed by atoms with E-state index >= 15 is 0 Å². The highest BCUT2D eigenvalue weighted by atomic mass is 16.4. The molecule has 4 rings (SSSR count). The first-order valence-corrected chi connectivity index (χ1v) is 9.97. The van der Waals surface area contributed by atoms with Gasteiger partial charge in [-0.15, -0.1) is 10.2 Å². The summed E-state index contributed by atoms with van der Waals surface area (Å²) in [5, 5.41) is 8.34. The second kappa shape index (κ2) is 8.83. The molecule has 3 aromatic rings. The smallest absolute Gasteiger partial charge is 0.247 e. The van der Waals surface area contributed by atoms with Crippen molar-refractivity contribution < 1.29 is 9.21 Å². The highest BCUT2D eigenvalue weighted by Crippen LogP contribution is 2.23. The fraction of sp³-hybridized carbons (Fsp3) is 0.348. The van der Waals surface area contributed by atoms with Gasteiger partial charge >= 0.3 is 0 Å². The van der Waals surface area contributed by atoms with Crippen molar-refractivity contribution in [2.24, 2.45) is 5.92 Å². The second-order valence-corrected chi connectivity index (χ2v) is 7.40. The summed E-state index contributed by atoms with van der Waals surface area (Å²) in [6.07, 6.45) is 4.18. The second-order valence-electron chi connectivity index (χ2n) is 7.40. The predicted molar refractivity (Wildman–Crippen MR) is 108 cm³/mol. The molecule has 0 spiro atoms. The first-order chi connectivity index (χ1) is 13.8. The minimum atomic E-state index is 0.258. The molecule has 1 fully saturated rings. The van der Waals surface area contributed by atoms with Gasteiger partial charge in [-0.3, -0.25) is 4.79 Å². The Morgan fingerprint density at radius 3 is 2.57 bits per heavy atom. The molecular formula is C23H25N3O2. The zero-order valence-corrected chi connectivity index (χ0v) is 16.0. The molecule has 0 radical (unpaired) electrons. The summed E-state index contributed by atoms with van der Waals surface area (Å²) < 4.78 is 5.82. The molecule has 5 heteroatoms. The SMILES string of the molecule is O=C(CCCc1ccccc1)N1CCC(Cc2nnc(-c3ccccc3)o2)C1. The number of aryl methyl sites for hydroxylation is 1. The van der Waals surface area contributed by atoms with E-state index in [1.54, 1.807) is 0 Å². The zero-order chi connectivity index (χ0) is 19.2. The Kier molecular flexibility index (Phi) is 5.80. The molecule has 1 aliphatic heterocycles. The van der Waals surface area contributed by atoms with Crippen LogP contribution in [0, 0.1) is 5.92 Å². The van der Waals surface area contributed by atoms with E-state index in [4.69, 9.17) is 4.42 Å². The minimum Gasteiger partial charge on any atom is -0.421 e. The molecule has 0 aliphatic carbocycles. The molecule has 1 aromatic heterocycles. The number of amides is 1. The van der Waals surface area contributed by atoms with E-state index < -0.39 is 0 Å². The number of likely N-dealkylation sites (tertiary alicyclic amines) is 1. The summed E-state index contributed by atoms with van der Waals surface area (Å²) in [4.78, 5) is 14.5. The van der Waals surface area contributed by atoms with Gasteiger partial charge in [0.2, 0.25) is 17.7 Å². The molecule has 5 nitrogen and oxygen atoms in total. The lowest BCUT2D eigenvalue weighted by Gasteiger charge is -2.16. The van der Waals surface area contributed by atoms with E-state index in [2.05, 4.69) is 22.3 Å². The first kappa shape index (κ1) is 18.4. The average molecular weight is 375 g/mol. The molecule has 1 saturated heterocycles. The summed E-state index contributed by atoms with van der Waals surface area (Å²) in [6.45, 7) is 1.61. The molecule has 0 N–H and O–H groups in total. The van der Waals surface area contributed by atoms with E-state index in [0.717, 1.165) is 44.3 Å². The Labute approximate surface area is 165 Å². The fourth-order valence-corrected chi connectivity index (χ4v) is 3.75. The van der Waals surface area contributed by atoms with Gasteiger partial charge in [-0.05, 0) is 42.9 Å². The van der Waals surface area contributed by atoms with Gasteiger partial charge in [0.05, 0.1) is 0 Å². The number of carbonyl (C=O) groups is 1. The average Bonchev–Trinajstić information content (AvgIpc) is 3.40. The summed E-state index contributed by atoms with van der Waals surface area (Å²) in [5.74, 6) is 1.86. The Hall–Kier alpha value is -2.95. The van der Waals surface area contributed by atoms with E-state index in [9.17, 15) is 4.79 Å². The predicted octanol–water partition coefficient (Wildman–Crippen LogP) is 4.15. The normalized spacial score (nSPS) is 16.4. The Bertz CT molecular complexity index is 892. The maximum Gasteiger partial charge on any atom is 0.247 e. The third-order valence-corrected chi connectivity index (χ3v) is 5.29. The molecule has 2 aromatic carbocycles. The van der Waals surface area contributed by atoms with E-state index in [1.807, 2.05) is 53.4 Å². The Morgan fingerprint density at radius 1 is 1.04 bits per heavy atom. The van der Waals surface area contributed by atoms with Crippen molar-refractivity contribution >= 4 is 5.91 Å². The standard InChI is InChI=1S/C23H25N3O2/c27-22(13-7-10-18-8-3-1-4-9-18)26-15-14-19(17-26)16-21-24-25-23(28-21)20-11-5-2-6-12-20/h1-6,8-9,11-12,19H,7,10,13-17H2. The van der Waals surface area contributed by atoms with Crippen molar-refractivity contribution in [2.45, 2.75) is 32.1 Å². The van der Waals surface area contributed by atoms with Crippen LogP contribution in [-0.4, -0.2) is 34.1 Å². The van der Waals surface area contributed by atoms with Crippen molar-refractivity contribution in [3.05, 3.63) is 72.1 Å². The van der Waals surface area contributed by atoms with E-state index in [1.165, 1.54) is 5.56 Å². The number of hydrogen-bond acceptors (Lipinski definition) is 4.